The van der Waals surface area contributed by atoms with Gasteiger partial charge in [0.2, 0.25) is 0 Å². The minimum absolute atomic E-state index is 0.278. The van der Waals surface area contributed by atoms with Gasteiger partial charge in [-0.2, -0.15) is 18.3 Å². The van der Waals surface area contributed by atoms with E-state index in [2.05, 4.69) is 35.7 Å². The van der Waals surface area contributed by atoms with E-state index in [-0.39, 0.29) is 11.9 Å². The number of piperidine rings is 1. The van der Waals surface area contributed by atoms with Crippen LogP contribution in [0, 0.1) is 5.82 Å². The fourth-order valence-corrected chi connectivity index (χ4v) is 3.37. The summed E-state index contributed by atoms with van der Waals surface area (Å²) in [4.78, 5) is 26.5. The van der Waals surface area contributed by atoms with Crippen LogP contribution in [-0.2, 0) is 4.79 Å². The number of carbonyl (C=O) groups is 1. The fraction of sp³-hybridized carbons (Fsp3) is 0.300. The fourth-order valence-electron chi connectivity index (χ4n) is 3.37. The Morgan fingerprint density at radius 2 is 2.06 bits per heavy atom. The van der Waals surface area contributed by atoms with E-state index < -0.39 is 12.1 Å². The van der Waals surface area contributed by atoms with E-state index in [9.17, 15) is 17.6 Å². The molecule has 0 radical (unpaired) electrons. The van der Waals surface area contributed by atoms with Crippen molar-refractivity contribution in [2.45, 2.75) is 25.1 Å². The van der Waals surface area contributed by atoms with E-state index in [1.165, 1.54) is 18.6 Å². The first-order valence-electron chi connectivity index (χ1n) is 10.3. The maximum absolute atomic E-state index is 13.8. The molecule has 0 aliphatic carbocycles. The van der Waals surface area contributed by atoms with Crippen LogP contribution >= 0.6 is 0 Å². The number of hydrogen-bond acceptors (Lipinski definition) is 8. The molecule has 5 rings (SSSR count). The van der Waals surface area contributed by atoms with Gasteiger partial charge >= 0.3 is 12.1 Å². The molecule has 11 nitrogen and oxygen atoms in total. The Bertz CT molecular complexity index is 1300. The predicted molar refractivity (Wildman–Crippen MR) is 114 cm³/mol. The second-order valence-electron chi connectivity index (χ2n) is 7.48. The second kappa shape index (κ2) is 10.0. The first-order chi connectivity index (χ1) is 16.7. The number of carboxylic acid groups (broad SMARTS) is 1. The molecule has 1 aliphatic heterocycles. The Morgan fingerprint density at radius 1 is 1.26 bits per heavy atom. The third kappa shape index (κ3) is 5.87. The number of carboxylic acids is 1. The zero-order valence-electron chi connectivity index (χ0n) is 17.9. The van der Waals surface area contributed by atoms with Gasteiger partial charge in [-0.3, -0.25) is 4.40 Å². The summed E-state index contributed by atoms with van der Waals surface area (Å²) in [5, 5.41) is 18.1. The molecule has 4 aromatic rings. The number of aromatic nitrogens is 7. The van der Waals surface area contributed by atoms with Crippen LogP contribution in [0.25, 0.3) is 23.0 Å². The van der Waals surface area contributed by atoms with Crippen molar-refractivity contribution in [3.05, 3.63) is 49.1 Å². The first kappa shape index (κ1) is 24.0. The molecular formula is C20H19F4N9O2. The SMILES string of the molecule is Fc1ccc2ncc(-c3nc(N[C@@H]4CCCNC4)cc(-n4cncn4)n3)n2c1.O=C(O)C(F)(F)F. The zero-order chi connectivity index (χ0) is 25.0. The number of nitrogens with zero attached hydrogens (tertiary/aromatic N) is 7. The lowest BCUT2D eigenvalue weighted by Crippen LogP contribution is -2.38. The van der Waals surface area contributed by atoms with Crippen molar-refractivity contribution in [2.75, 3.05) is 18.4 Å². The Hall–Kier alpha value is -4.14. The van der Waals surface area contributed by atoms with Crippen molar-refractivity contribution in [1.82, 2.24) is 39.4 Å². The molecule has 0 aromatic carbocycles. The highest BCUT2D eigenvalue weighted by atomic mass is 19.4. The third-order valence-electron chi connectivity index (χ3n) is 4.96. The molecule has 0 unspecified atom stereocenters. The molecule has 5 heterocycles. The number of aliphatic carboxylic acids is 1. The van der Waals surface area contributed by atoms with Crippen molar-refractivity contribution < 1.29 is 27.5 Å². The average molecular weight is 493 g/mol. The standard InChI is InChI=1S/C18H18FN9.C2HF3O2/c19-12-3-4-16-22-8-14(27(16)9-12)18-25-15(24-13-2-1-5-20-7-13)6-17(26-18)28-11-21-10-23-28;3-2(4,5)1(6)7/h3-4,6,8-11,13,20H,1-2,5,7H2,(H,24,25,26);(H,6,7)/t13-;/m1./s1. The molecule has 1 atom stereocenters. The van der Waals surface area contributed by atoms with Gasteiger partial charge < -0.3 is 15.7 Å². The van der Waals surface area contributed by atoms with E-state index >= 15 is 0 Å². The van der Waals surface area contributed by atoms with Gasteiger partial charge in [0.1, 0.15) is 35.6 Å². The van der Waals surface area contributed by atoms with Gasteiger partial charge in [0.15, 0.2) is 11.6 Å². The lowest BCUT2D eigenvalue weighted by molar-refractivity contribution is -0.192. The maximum atomic E-state index is 13.8. The molecule has 3 N–H and O–H groups in total. The highest BCUT2D eigenvalue weighted by Crippen LogP contribution is 2.22. The molecule has 15 heteroatoms. The summed E-state index contributed by atoms with van der Waals surface area (Å²) in [6.45, 7) is 1.91. The van der Waals surface area contributed by atoms with Gasteiger partial charge in [0.05, 0.1) is 6.20 Å². The van der Waals surface area contributed by atoms with E-state index in [0.717, 1.165) is 25.9 Å². The highest BCUT2D eigenvalue weighted by molar-refractivity contribution is 5.73. The number of alkyl halides is 3. The summed E-state index contributed by atoms with van der Waals surface area (Å²) >= 11 is 0. The summed E-state index contributed by atoms with van der Waals surface area (Å²) in [7, 11) is 0. The highest BCUT2D eigenvalue weighted by Gasteiger charge is 2.38. The molecule has 1 aliphatic rings. The van der Waals surface area contributed by atoms with Gasteiger partial charge in [-0.25, -0.2) is 33.8 Å². The van der Waals surface area contributed by atoms with Crippen LogP contribution in [0.1, 0.15) is 12.8 Å². The Morgan fingerprint density at radius 3 is 2.71 bits per heavy atom. The van der Waals surface area contributed by atoms with Gasteiger partial charge in [-0.1, -0.05) is 0 Å². The van der Waals surface area contributed by atoms with Crippen LogP contribution in [0.5, 0.6) is 0 Å². The summed E-state index contributed by atoms with van der Waals surface area (Å²) in [6, 6.07) is 5.10. The summed E-state index contributed by atoms with van der Waals surface area (Å²) in [6.07, 6.45) is 3.13. The number of nitrogens with one attached hydrogen (secondary N) is 2. The summed E-state index contributed by atoms with van der Waals surface area (Å²) in [5.41, 5.74) is 1.22. The monoisotopic (exact) mass is 493 g/mol. The van der Waals surface area contributed by atoms with Crippen LogP contribution in [0.15, 0.2) is 43.2 Å². The molecule has 1 fully saturated rings. The van der Waals surface area contributed by atoms with Gasteiger partial charge in [0.25, 0.3) is 0 Å². The van der Waals surface area contributed by atoms with Gasteiger partial charge in [-0.05, 0) is 31.5 Å². The molecule has 35 heavy (non-hydrogen) atoms. The van der Waals surface area contributed by atoms with Gasteiger partial charge in [0, 0.05) is 24.8 Å². The molecule has 0 spiro atoms. The Balaban J connectivity index is 0.000000364. The quantitative estimate of drug-likeness (QED) is 0.366. The smallest absolute Gasteiger partial charge is 0.475 e. The predicted octanol–water partition coefficient (Wildman–Crippen LogP) is 2.31. The second-order valence-corrected chi connectivity index (χ2v) is 7.48. The van der Waals surface area contributed by atoms with Crippen molar-refractivity contribution in [2.24, 2.45) is 0 Å². The van der Waals surface area contributed by atoms with Crippen LogP contribution < -0.4 is 10.6 Å². The molecule has 1 saturated heterocycles. The number of pyridine rings is 1. The van der Waals surface area contributed by atoms with Crippen molar-refractivity contribution >= 4 is 17.4 Å². The van der Waals surface area contributed by atoms with E-state index in [4.69, 9.17) is 9.90 Å². The minimum atomic E-state index is -5.08. The number of hydrogen-bond donors (Lipinski definition) is 3. The number of halogens is 4. The molecule has 4 aromatic heterocycles. The van der Waals surface area contributed by atoms with Crippen LogP contribution in [-0.4, -0.2) is 70.5 Å². The van der Waals surface area contributed by atoms with E-state index in [0.29, 0.717) is 28.8 Å². The number of fused-ring (bicyclic) bond motifs is 1. The topological polar surface area (TPSA) is 135 Å². The molecule has 0 bridgehead atoms. The Labute approximate surface area is 194 Å². The molecular weight excluding hydrogens is 474 g/mol. The molecule has 0 amide bonds. The number of anilines is 1. The van der Waals surface area contributed by atoms with Gasteiger partial charge in [-0.15, -0.1) is 0 Å². The summed E-state index contributed by atoms with van der Waals surface area (Å²) < 4.78 is 48.7. The van der Waals surface area contributed by atoms with Crippen LogP contribution in [0.4, 0.5) is 23.4 Å². The normalized spacial score (nSPS) is 15.9. The van der Waals surface area contributed by atoms with E-state index in [1.54, 1.807) is 27.7 Å². The average Bonchev–Trinajstić information content (AvgIpc) is 3.49. The van der Waals surface area contributed by atoms with Crippen molar-refractivity contribution in [1.29, 1.82) is 0 Å². The van der Waals surface area contributed by atoms with Crippen molar-refractivity contribution in [3.63, 3.8) is 0 Å². The minimum Gasteiger partial charge on any atom is -0.475 e. The Kier molecular flexibility index (Phi) is 6.86. The first-order valence-corrected chi connectivity index (χ1v) is 10.3. The summed E-state index contributed by atoms with van der Waals surface area (Å²) in [5.74, 6) is -1.44. The molecule has 184 valence electrons. The lowest BCUT2D eigenvalue weighted by Gasteiger charge is -2.24. The maximum Gasteiger partial charge on any atom is 0.490 e. The molecule has 0 saturated carbocycles. The third-order valence-corrected chi connectivity index (χ3v) is 4.96. The van der Waals surface area contributed by atoms with Crippen molar-refractivity contribution in [3.8, 4) is 17.3 Å². The largest absolute Gasteiger partial charge is 0.490 e. The number of rotatable bonds is 4. The van der Waals surface area contributed by atoms with E-state index in [1.807, 2.05) is 6.07 Å². The number of imidazole rings is 1. The van der Waals surface area contributed by atoms with Crippen LogP contribution in [0.3, 0.4) is 0 Å². The van der Waals surface area contributed by atoms with Crippen LogP contribution in [0.2, 0.25) is 0 Å². The zero-order valence-corrected chi connectivity index (χ0v) is 17.9. The lowest BCUT2D eigenvalue weighted by atomic mass is 10.1.